The molecule has 0 atom stereocenters. The summed E-state index contributed by atoms with van der Waals surface area (Å²) < 4.78 is 0. The van der Waals surface area contributed by atoms with Crippen LogP contribution in [0.15, 0.2) is 170 Å². The van der Waals surface area contributed by atoms with Gasteiger partial charge in [0.1, 0.15) is 0 Å². The van der Waals surface area contributed by atoms with E-state index in [0.717, 1.165) is 25.7 Å². The Kier molecular flexibility index (Phi) is 23.5. The van der Waals surface area contributed by atoms with Crippen LogP contribution in [0.5, 0.6) is 0 Å². The van der Waals surface area contributed by atoms with Crippen molar-refractivity contribution in [1.82, 2.24) is 0 Å². The highest BCUT2D eigenvalue weighted by Gasteiger charge is 2.23. The Morgan fingerprint density at radius 1 is 0.260 bits per heavy atom. The van der Waals surface area contributed by atoms with Crippen molar-refractivity contribution < 1.29 is 0 Å². The summed E-state index contributed by atoms with van der Waals surface area (Å²) in [7, 11) is 0. The van der Waals surface area contributed by atoms with Crippen molar-refractivity contribution in [2.45, 2.75) is 168 Å². The molecule has 384 valence electrons. The molecule has 4 aliphatic rings. The van der Waals surface area contributed by atoms with Crippen molar-refractivity contribution in [3.05, 3.63) is 237 Å². The molecule has 12 rings (SSSR count). The van der Waals surface area contributed by atoms with E-state index in [9.17, 15) is 0 Å². The molecule has 0 aliphatic heterocycles. The molecule has 73 heavy (non-hydrogen) atoms. The lowest BCUT2D eigenvalue weighted by Gasteiger charge is -2.12. The zero-order valence-corrected chi connectivity index (χ0v) is 47.3. The second-order valence-corrected chi connectivity index (χ2v) is 19.5. The molecule has 0 nitrogen and oxygen atoms in total. The molecular weight excluding hydrogens is 877 g/mol. The normalized spacial score (nSPS) is 11.5. The third-order valence-electron chi connectivity index (χ3n) is 14.0. The minimum Gasteiger partial charge on any atom is -0.0776 e. The molecule has 8 aromatic rings. The summed E-state index contributed by atoms with van der Waals surface area (Å²) in [5, 5.41) is 0. The summed E-state index contributed by atoms with van der Waals surface area (Å²) in [6, 6.07) is 62.4. The first-order chi connectivity index (χ1) is 35.0. The highest BCUT2D eigenvalue weighted by molar-refractivity contribution is 5.81. The van der Waals surface area contributed by atoms with Gasteiger partial charge in [0.25, 0.3) is 0 Å². The smallest absolute Gasteiger partial charge is 0.00106 e. The van der Waals surface area contributed by atoms with Gasteiger partial charge in [-0.2, -0.15) is 0 Å². The number of benzene rings is 8. The van der Waals surface area contributed by atoms with E-state index in [1.807, 2.05) is 55.4 Å². The van der Waals surface area contributed by atoms with Gasteiger partial charge in [-0.05, 0) is 161 Å². The van der Waals surface area contributed by atoms with Gasteiger partial charge in [-0.1, -0.05) is 288 Å². The van der Waals surface area contributed by atoms with Crippen LogP contribution in [0.2, 0.25) is 0 Å². The third kappa shape index (κ3) is 13.7. The maximum Gasteiger partial charge on any atom is -0.00106 e. The van der Waals surface area contributed by atoms with Crippen molar-refractivity contribution in [2.24, 2.45) is 0 Å². The third-order valence-corrected chi connectivity index (χ3v) is 14.0. The Bertz CT molecular complexity index is 2940. The lowest BCUT2D eigenvalue weighted by molar-refractivity contribution is 0.852. The van der Waals surface area contributed by atoms with Crippen LogP contribution >= 0.6 is 0 Å². The van der Waals surface area contributed by atoms with E-state index in [0.29, 0.717) is 23.7 Å². The Hall–Kier alpha value is -6.24. The van der Waals surface area contributed by atoms with Crippen LogP contribution in [0.3, 0.4) is 0 Å². The molecule has 0 fully saturated rings. The topological polar surface area (TPSA) is 0 Å². The summed E-state index contributed by atoms with van der Waals surface area (Å²) >= 11 is 0. The molecule has 0 radical (unpaired) electrons. The lowest BCUT2D eigenvalue weighted by Crippen LogP contribution is -1.94. The lowest BCUT2D eigenvalue weighted by atomic mass is 9.92. The van der Waals surface area contributed by atoms with E-state index in [1.54, 1.807) is 5.56 Å². The first kappa shape index (κ1) is 59.3. The molecule has 8 aromatic carbocycles. The van der Waals surface area contributed by atoms with Gasteiger partial charge in [-0.25, -0.2) is 0 Å². The Balaban J connectivity index is 0.000000201. The minimum atomic E-state index is 0. The van der Waals surface area contributed by atoms with Gasteiger partial charge in [-0.3, -0.25) is 0 Å². The summed E-state index contributed by atoms with van der Waals surface area (Å²) in [4.78, 5) is 0. The average Bonchev–Trinajstić information content (AvgIpc) is 4.21. The van der Waals surface area contributed by atoms with Crippen LogP contribution < -0.4 is 0 Å². The first-order valence-electron chi connectivity index (χ1n) is 27.9. The molecule has 0 N–H and O–H groups in total. The molecule has 0 aromatic heterocycles. The van der Waals surface area contributed by atoms with Gasteiger partial charge in [0.15, 0.2) is 0 Å². The maximum atomic E-state index is 2.38. The van der Waals surface area contributed by atoms with Crippen molar-refractivity contribution in [3.63, 3.8) is 0 Å². The molecule has 4 aliphatic carbocycles. The second kappa shape index (κ2) is 28.9. The van der Waals surface area contributed by atoms with Crippen LogP contribution in [-0.2, 0) is 25.7 Å². The molecular formula is C73H92. The predicted octanol–water partition coefficient (Wildman–Crippen LogP) is 22.3. The van der Waals surface area contributed by atoms with E-state index in [1.165, 1.54) is 106 Å². The molecule has 0 saturated heterocycles. The number of hydrogen-bond donors (Lipinski definition) is 0. The second-order valence-electron chi connectivity index (χ2n) is 19.5. The fourth-order valence-electron chi connectivity index (χ4n) is 10.4. The number of fused-ring (bicyclic) bond motifs is 12. The van der Waals surface area contributed by atoms with E-state index >= 15 is 0 Å². The van der Waals surface area contributed by atoms with Crippen molar-refractivity contribution >= 4 is 0 Å². The predicted molar refractivity (Wildman–Crippen MR) is 327 cm³/mol. The highest BCUT2D eigenvalue weighted by Crippen LogP contribution is 2.43. The van der Waals surface area contributed by atoms with Crippen LogP contribution in [0.25, 0.3) is 44.5 Å². The van der Waals surface area contributed by atoms with Crippen molar-refractivity contribution in [2.75, 3.05) is 0 Å². The molecule has 0 spiro atoms. The molecule has 0 bridgehead atoms. The van der Waals surface area contributed by atoms with Crippen molar-refractivity contribution in [3.8, 4) is 44.5 Å². The fraction of sp³-hybridized carbons (Fsp3) is 0.342. The van der Waals surface area contributed by atoms with Crippen LogP contribution in [0, 0.1) is 0 Å². The van der Waals surface area contributed by atoms with Crippen LogP contribution in [-0.4, -0.2) is 0 Å². The Morgan fingerprint density at radius 2 is 0.616 bits per heavy atom. The number of rotatable bonds is 4. The van der Waals surface area contributed by atoms with E-state index < -0.39 is 0 Å². The zero-order valence-electron chi connectivity index (χ0n) is 47.3. The SMILES string of the molecule is C.CC.CC.CC.CC.CC(C)c1ccc2c(c1)-c1ccccc1C2.CC(C)c1ccc2c(c1)Cc1ccccc1-2.CC(C)c1cccc2c1-c1ccccc1C2.CC(C)c1cccc2c1Cc1ccccc1-2. The molecule has 0 amide bonds. The van der Waals surface area contributed by atoms with Gasteiger partial charge >= 0.3 is 0 Å². The molecule has 0 unspecified atom stereocenters. The van der Waals surface area contributed by atoms with Crippen LogP contribution in [0.4, 0.5) is 0 Å². The van der Waals surface area contributed by atoms with Gasteiger partial charge in [-0.15, -0.1) is 0 Å². The maximum absolute atomic E-state index is 2.38. The summed E-state index contributed by atoms with van der Waals surface area (Å²) in [5.41, 5.74) is 29.3. The number of hydrogen-bond acceptors (Lipinski definition) is 0. The largest absolute Gasteiger partial charge is 0.0776 e. The summed E-state index contributed by atoms with van der Waals surface area (Å²) in [6.45, 7) is 34.1. The van der Waals surface area contributed by atoms with E-state index in [4.69, 9.17) is 0 Å². The van der Waals surface area contributed by atoms with Gasteiger partial charge in [0.05, 0.1) is 0 Å². The first-order valence-corrected chi connectivity index (χ1v) is 27.9. The van der Waals surface area contributed by atoms with E-state index in [-0.39, 0.29) is 7.43 Å². The van der Waals surface area contributed by atoms with Gasteiger partial charge < -0.3 is 0 Å². The van der Waals surface area contributed by atoms with Gasteiger partial charge in [0.2, 0.25) is 0 Å². The molecule has 0 saturated carbocycles. The standard InChI is InChI=1S/4C16H16.4C2H6.CH4/c1-11(2)14-9-5-7-13-10-12-6-3-4-8-15(12)16(13)14;1-11(2)13-8-5-9-15-14-7-4-3-6-12(14)10-16(13)15;1-11(2)12-7-8-14-9-13-5-3-4-6-15(13)16(14)10-12;1-11(2)12-7-8-16-14(9-12)10-13-5-3-4-6-15(13)16;4*1-2;/h2*3-9,11H,10H2,1-2H3;3-8,10-11H,9H2,1-2H3;3-9,11H,10H2,1-2H3;4*1-2H3;1H4. The monoisotopic (exact) mass is 969 g/mol. The molecule has 0 heterocycles. The van der Waals surface area contributed by atoms with Crippen LogP contribution in [0.1, 0.15) is 209 Å². The Morgan fingerprint density at radius 3 is 1.16 bits per heavy atom. The highest BCUT2D eigenvalue weighted by atomic mass is 14.3. The fourth-order valence-corrected chi connectivity index (χ4v) is 10.4. The average molecular weight is 970 g/mol. The minimum absolute atomic E-state index is 0. The van der Waals surface area contributed by atoms with Crippen molar-refractivity contribution in [1.29, 1.82) is 0 Å². The quantitative estimate of drug-likeness (QED) is 0.165. The zero-order chi connectivity index (χ0) is 52.5. The van der Waals surface area contributed by atoms with E-state index in [2.05, 4.69) is 225 Å². The summed E-state index contributed by atoms with van der Waals surface area (Å²) in [5.74, 6) is 2.44. The molecule has 0 heteroatoms. The summed E-state index contributed by atoms with van der Waals surface area (Å²) in [6.07, 6.45) is 4.42. The Labute approximate surface area is 446 Å². The van der Waals surface area contributed by atoms with Gasteiger partial charge in [0, 0.05) is 0 Å².